The van der Waals surface area contributed by atoms with Gasteiger partial charge in [0, 0.05) is 31.6 Å². The molecule has 0 radical (unpaired) electrons. The number of rotatable bonds is 6. The molecule has 0 aliphatic heterocycles. The van der Waals surface area contributed by atoms with Gasteiger partial charge in [-0.3, -0.25) is 9.59 Å². The number of nitrogens with zero attached hydrogens (tertiary/aromatic N) is 1. The molecule has 2 rings (SSSR count). The van der Waals surface area contributed by atoms with Crippen LogP contribution in [0.25, 0.3) is 0 Å². The summed E-state index contributed by atoms with van der Waals surface area (Å²) in [5, 5.41) is 11.7. The first-order valence-corrected chi connectivity index (χ1v) is 6.85. The standard InChI is InChI=1S/C15H20N2O3/c1-17(8-9-18)15(20)13-4-2-11(3-5-13)10-16-14(19)12-6-7-12/h2-5,12,18H,6-10H2,1H3,(H,16,19). The Hall–Kier alpha value is -1.88. The average Bonchev–Trinajstić information content (AvgIpc) is 3.29. The van der Waals surface area contributed by atoms with Gasteiger partial charge in [0.2, 0.25) is 5.91 Å². The maximum atomic E-state index is 12.0. The van der Waals surface area contributed by atoms with Crippen molar-refractivity contribution >= 4 is 11.8 Å². The summed E-state index contributed by atoms with van der Waals surface area (Å²) >= 11 is 0. The quantitative estimate of drug-likeness (QED) is 0.806. The van der Waals surface area contributed by atoms with Crippen LogP contribution in [0, 0.1) is 5.92 Å². The van der Waals surface area contributed by atoms with Gasteiger partial charge in [0.25, 0.3) is 5.91 Å². The fourth-order valence-corrected chi connectivity index (χ4v) is 1.92. The molecule has 1 saturated carbocycles. The van der Waals surface area contributed by atoms with Crippen molar-refractivity contribution in [2.75, 3.05) is 20.2 Å². The third-order valence-corrected chi connectivity index (χ3v) is 3.40. The van der Waals surface area contributed by atoms with Crippen molar-refractivity contribution in [2.24, 2.45) is 5.92 Å². The van der Waals surface area contributed by atoms with Gasteiger partial charge in [-0.15, -0.1) is 0 Å². The van der Waals surface area contributed by atoms with Crippen molar-refractivity contribution in [3.8, 4) is 0 Å². The average molecular weight is 276 g/mol. The molecule has 1 aromatic rings. The molecule has 2 amide bonds. The van der Waals surface area contributed by atoms with Crippen LogP contribution in [0.5, 0.6) is 0 Å². The zero-order chi connectivity index (χ0) is 14.5. The van der Waals surface area contributed by atoms with Crippen LogP contribution in [0.15, 0.2) is 24.3 Å². The zero-order valence-corrected chi connectivity index (χ0v) is 11.6. The molecule has 1 fully saturated rings. The van der Waals surface area contributed by atoms with Gasteiger partial charge in [-0.25, -0.2) is 0 Å². The number of likely N-dealkylation sites (N-methyl/N-ethyl adjacent to an activating group) is 1. The van der Waals surface area contributed by atoms with Crippen LogP contribution >= 0.6 is 0 Å². The normalized spacial score (nSPS) is 13.9. The van der Waals surface area contributed by atoms with Crippen molar-refractivity contribution < 1.29 is 14.7 Å². The molecule has 0 spiro atoms. The number of carbonyl (C=O) groups excluding carboxylic acids is 2. The molecule has 0 bridgehead atoms. The largest absolute Gasteiger partial charge is 0.395 e. The minimum absolute atomic E-state index is 0.0481. The minimum Gasteiger partial charge on any atom is -0.395 e. The van der Waals surface area contributed by atoms with Gasteiger partial charge in [-0.05, 0) is 30.5 Å². The second-order valence-electron chi connectivity index (χ2n) is 5.14. The van der Waals surface area contributed by atoms with E-state index in [1.54, 1.807) is 19.2 Å². The molecule has 108 valence electrons. The highest BCUT2D eigenvalue weighted by atomic mass is 16.3. The Kier molecular flexibility index (Phi) is 4.74. The molecule has 0 saturated heterocycles. The van der Waals surface area contributed by atoms with Crippen molar-refractivity contribution in [2.45, 2.75) is 19.4 Å². The number of amides is 2. The predicted molar refractivity (Wildman–Crippen MR) is 75.1 cm³/mol. The summed E-state index contributed by atoms with van der Waals surface area (Å²) in [6.45, 7) is 0.766. The van der Waals surface area contributed by atoms with Crippen LogP contribution in [0.4, 0.5) is 0 Å². The molecular formula is C15H20N2O3. The summed E-state index contributed by atoms with van der Waals surface area (Å²) < 4.78 is 0. The molecule has 5 heteroatoms. The maximum Gasteiger partial charge on any atom is 0.253 e. The molecule has 1 aliphatic rings. The SMILES string of the molecule is CN(CCO)C(=O)c1ccc(CNC(=O)C2CC2)cc1. The van der Waals surface area contributed by atoms with Crippen molar-refractivity contribution in [3.63, 3.8) is 0 Å². The fraction of sp³-hybridized carbons (Fsp3) is 0.467. The van der Waals surface area contributed by atoms with Crippen LogP contribution in [0.3, 0.4) is 0 Å². The van der Waals surface area contributed by atoms with E-state index in [1.807, 2.05) is 12.1 Å². The predicted octanol–water partition coefficient (Wildman–Crippen LogP) is 0.777. The lowest BCUT2D eigenvalue weighted by Gasteiger charge is -2.15. The van der Waals surface area contributed by atoms with Crippen LogP contribution in [-0.4, -0.2) is 42.0 Å². The van der Waals surface area contributed by atoms with Crippen LogP contribution < -0.4 is 5.32 Å². The summed E-state index contributed by atoms with van der Waals surface area (Å²) in [5.74, 6) is 0.212. The van der Waals surface area contributed by atoms with E-state index in [0.29, 0.717) is 18.7 Å². The molecule has 1 aliphatic carbocycles. The van der Waals surface area contributed by atoms with Gasteiger partial charge in [0.1, 0.15) is 0 Å². The van der Waals surface area contributed by atoms with E-state index in [1.165, 1.54) is 4.90 Å². The number of hydrogen-bond acceptors (Lipinski definition) is 3. The number of aliphatic hydroxyl groups excluding tert-OH is 1. The van der Waals surface area contributed by atoms with E-state index in [0.717, 1.165) is 18.4 Å². The Bertz CT molecular complexity index is 480. The first-order chi connectivity index (χ1) is 9.61. The first-order valence-electron chi connectivity index (χ1n) is 6.85. The van der Waals surface area contributed by atoms with Crippen LogP contribution in [0.2, 0.25) is 0 Å². The van der Waals surface area contributed by atoms with E-state index in [-0.39, 0.29) is 24.3 Å². The number of carbonyl (C=O) groups is 2. The third-order valence-electron chi connectivity index (χ3n) is 3.40. The van der Waals surface area contributed by atoms with E-state index >= 15 is 0 Å². The van der Waals surface area contributed by atoms with Gasteiger partial charge in [-0.2, -0.15) is 0 Å². The summed E-state index contributed by atoms with van der Waals surface area (Å²) in [6.07, 6.45) is 1.99. The Balaban J connectivity index is 1.88. The van der Waals surface area contributed by atoms with Gasteiger partial charge in [0.15, 0.2) is 0 Å². The van der Waals surface area contributed by atoms with Crippen molar-refractivity contribution in [1.29, 1.82) is 0 Å². The highest BCUT2D eigenvalue weighted by Gasteiger charge is 2.29. The van der Waals surface area contributed by atoms with Crippen molar-refractivity contribution in [3.05, 3.63) is 35.4 Å². The maximum absolute atomic E-state index is 12.0. The molecule has 0 aromatic heterocycles. The lowest BCUT2D eigenvalue weighted by atomic mass is 10.1. The highest BCUT2D eigenvalue weighted by Crippen LogP contribution is 2.28. The van der Waals surface area contributed by atoms with E-state index in [4.69, 9.17) is 5.11 Å². The van der Waals surface area contributed by atoms with Crippen LogP contribution in [0.1, 0.15) is 28.8 Å². The van der Waals surface area contributed by atoms with E-state index in [2.05, 4.69) is 5.32 Å². The number of aliphatic hydroxyl groups is 1. The fourth-order valence-electron chi connectivity index (χ4n) is 1.92. The molecule has 2 N–H and O–H groups in total. The Morgan fingerprint density at radius 3 is 2.50 bits per heavy atom. The molecule has 5 nitrogen and oxygen atoms in total. The molecule has 0 atom stereocenters. The Labute approximate surface area is 118 Å². The molecule has 0 unspecified atom stereocenters. The minimum atomic E-state index is -0.118. The second kappa shape index (κ2) is 6.52. The molecular weight excluding hydrogens is 256 g/mol. The zero-order valence-electron chi connectivity index (χ0n) is 11.6. The van der Waals surface area contributed by atoms with Gasteiger partial charge in [-0.1, -0.05) is 12.1 Å². The number of nitrogens with one attached hydrogen (secondary N) is 1. The lowest BCUT2D eigenvalue weighted by Crippen LogP contribution is -2.29. The highest BCUT2D eigenvalue weighted by molar-refractivity contribution is 5.94. The Morgan fingerprint density at radius 1 is 1.30 bits per heavy atom. The number of benzene rings is 1. The molecule has 1 aromatic carbocycles. The lowest BCUT2D eigenvalue weighted by molar-refractivity contribution is -0.122. The second-order valence-corrected chi connectivity index (χ2v) is 5.14. The summed E-state index contributed by atoms with van der Waals surface area (Å²) in [6, 6.07) is 7.17. The van der Waals surface area contributed by atoms with Gasteiger partial charge >= 0.3 is 0 Å². The van der Waals surface area contributed by atoms with Gasteiger partial charge in [0.05, 0.1) is 6.61 Å². The topological polar surface area (TPSA) is 69.6 Å². The summed E-state index contributed by atoms with van der Waals surface area (Å²) in [4.78, 5) is 25.0. The monoisotopic (exact) mass is 276 g/mol. The van der Waals surface area contributed by atoms with Gasteiger partial charge < -0.3 is 15.3 Å². The van der Waals surface area contributed by atoms with Crippen LogP contribution in [-0.2, 0) is 11.3 Å². The molecule has 20 heavy (non-hydrogen) atoms. The number of hydrogen-bond donors (Lipinski definition) is 2. The molecule has 0 heterocycles. The van der Waals surface area contributed by atoms with E-state index in [9.17, 15) is 9.59 Å². The summed E-state index contributed by atoms with van der Waals surface area (Å²) in [5.41, 5.74) is 1.55. The van der Waals surface area contributed by atoms with E-state index < -0.39 is 0 Å². The third kappa shape index (κ3) is 3.81. The smallest absolute Gasteiger partial charge is 0.253 e. The van der Waals surface area contributed by atoms with Crippen molar-refractivity contribution in [1.82, 2.24) is 10.2 Å². The summed E-state index contributed by atoms with van der Waals surface area (Å²) in [7, 11) is 1.66. The first kappa shape index (κ1) is 14.5. The Morgan fingerprint density at radius 2 is 1.95 bits per heavy atom.